The molecule has 28 heavy (non-hydrogen) atoms. The Labute approximate surface area is 176 Å². The van der Waals surface area contributed by atoms with Crippen LogP contribution in [0.25, 0.3) is 0 Å². The number of unbranched alkanes of at least 4 members (excludes halogenated alkanes) is 4. The summed E-state index contributed by atoms with van der Waals surface area (Å²) in [5.41, 5.74) is 0. The van der Waals surface area contributed by atoms with Crippen LogP contribution >= 0.6 is 0 Å². The van der Waals surface area contributed by atoms with Gasteiger partial charge in [-0.15, -0.1) is 0 Å². The van der Waals surface area contributed by atoms with Crippen LogP contribution in [-0.4, -0.2) is 0 Å². The van der Waals surface area contributed by atoms with Gasteiger partial charge in [-0.25, -0.2) is 0 Å². The van der Waals surface area contributed by atoms with E-state index in [1.165, 1.54) is 103 Å². The number of hydrogen-bond acceptors (Lipinski definition) is 0. The molecule has 2 aliphatic carbocycles. The first-order valence-electron chi connectivity index (χ1n) is 12.7. The van der Waals surface area contributed by atoms with Gasteiger partial charge in [0.05, 0.1) is 0 Å². The minimum Gasteiger partial charge on any atom is -0.0730 e. The fourth-order valence-electron chi connectivity index (χ4n) is 5.17. The number of rotatable bonds is 10. The van der Waals surface area contributed by atoms with Crippen molar-refractivity contribution in [3.8, 4) is 11.8 Å². The fourth-order valence-corrected chi connectivity index (χ4v) is 5.17. The summed E-state index contributed by atoms with van der Waals surface area (Å²) >= 11 is 0. The molecule has 0 aliphatic heterocycles. The van der Waals surface area contributed by atoms with E-state index in [1.54, 1.807) is 0 Å². The van der Waals surface area contributed by atoms with Crippen molar-refractivity contribution in [3.05, 3.63) is 24.3 Å². The summed E-state index contributed by atoms with van der Waals surface area (Å²) in [6.07, 6.45) is 31.6. The molecule has 2 rings (SSSR count). The molecule has 0 unspecified atom stereocenters. The van der Waals surface area contributed by atoms with Gasteiger partial charge in [0, 0.05) is 0 Å². The van der Waals surface area contributed by atoms with E-state index in [0.717, 1.165) is 23.7 Å². The van der Waals surface area contributed by atoms with Gasteiger partial charge in [-0.3, -0.25) is 0 Å². The lowest BCUT2D eigenvalue weighted by atomic mass is 9.79. The van der Waals surface area contributed by atoms with Crippen LogP contribution in [0.4, 0.5) is 0 Å². The molecule has 158 valence electrons. The molecule has 0 heterocycles. The average Bonchev–Trinajstić information content (AvgIpc) is 2.73. The Kier molecular flexibility index (Phi) is 12.5. The van der Waals surface area contributed by atoms with Crippen molar-refractivity contribution in [3.63, 3.8) is 0 Å². The first-order valence-corrected chi connectivity index (χ1v) is 12.7. The van der Waals surface area contributed by atoms with E-state index in [-0.39, 0.29) is 0 Å². The predicted octanol–water partition coefficient (Wildman–Crippen LogP) is 8.88. The summed E-state index contributed by atoms with van der Waals surface area (Å²) in [5, 5.41) is 0. The molecule has 2 saturated carbocycles. The van der Waals surface area contributed by atoms with Crippen molar-refractivity contribution < 1.29 is 0 Å². The van der Waals surface area contributed by atoms with Crippen molar-refractivity contribution in [2.24, 2.45) is 23.7 Å². The summed E-state index contributed by atoms with van der Waals surface area (Å²) in [5.74, 6) is 10.1. The lowest BCUT2D eigenvalue weighted by molar-refractivity contribution is 0.289. The van der Waals surface area contributed by atoms with Gasteiger partial charge in [0.1, 0.15) is 0 Å². The first-order chi connectivity index (χ1) is 13.8. The molecular formula is C28H46. The van der Waals surface area contributed by atoms with Crippen molar-refractivity contribution in [1.82, 2.24) is 0 Å². The van der Waals surface area contributed by atoms with E-state index in [0.29, 0.717) is 0 Å². The summed E-state index contributed by atoms with van der Waals surface area (Å²) in [6, 6.07) is 0. The highest BCUT2D eigenvalue weighted by molar-refractivity contribution is 5.24. The van der Waals surface area contributed by atoms with E-state index in [9.17, 15) is 0 Å². The van der Waals surface area contributed by atoms with Crippen molar-refractivity contribution in [2.45, 2.75) is 117 Å². The molecule has 0 bridgehead atoms. The van der Waals surface area contributed by atoms with Gasteiger partial charge in [0.25, 0.3) is 0 Å². The molecule has 2 aliphatic rings. The second kappa shape index (κ2) is 15.0. The summed E-state index contributed by atoms with van der Waals surface area (Å²) < 4.78 is 0. The van der Waals surface area contributed by atoms with Crippen molar-refractivity contribution >= 4 is 0 Å². The molecule has 0 saturated heterocycles. The number of hydrogen-bond donors (Lipinski definition) is 0. The third kappa shape index (κ3) is 10.0. The van der Waals surface area contributed by atoms with Gasteiger partial charge in [-0.2, -0.15) is 0 Å². The highest BCUT2D eigenvalue weighted by Gasteiger charge is 2.19. The lowest BCUT2D eigenvalue weighted by Crippen LogP contribution is -2.13. The lowest BCUT2D eigenvalue weighted by Gasteiger charge is -2.26. The first kappa shape index (κ1) is 23.3. The molecule has 2 fully saturated rings. The third-order valence-corrected chi connectivity index (χ3v) is 7.20. The van der Waals surface area contributed by atoms with Crippen LogP contribution in [-0.2, 0) is 0 Å². The highest BCUT2D eigenvalue weighted by Crippen LogP contribution is 2.33. The van der Waals surface area contributed by atoms with Gasteiger partial charge < -0.3 is 0 Å². The molecule has 0 aromatic rings. The van der Waals surface area contributed by atoms with Gasteiger partial charge in [0.2, 0.25) is 0 Å². The van der Waals surface area contributed by atoms with E-state index >= 15 is 0 Å². The maximum Gasteiger partial charge on any atom is -0.0153 e. The third-order valence-electron chi connectivity index (χ3n) is 7.20. The van der Waals surface area contributed by atoms with Crippen molar-refractivity contribution in [2.75, 3.05) is 0 Å². The summed E-state index contributed by atoms with van der Waals surface area (Å²) in [4.78, 5) is 0. The Morgan fingerprint density at radius 3 is 1.32 bits per heavy atom. The Morgan fingerprint density at radius 2 is 0.964 bits per heavy atom. The van der Waals surface area contributed by atoms with Crippen LogP contribution in [0, 0.1) is 35.5 Å². The zero-order chi connectivity index (χ0) is 19.9. The molecule has 0 N–H and O–H groups in total. The topological polar surface area (TPSA) is 0 Å². The van der Waals surface area contributed by atoms with Crippen LogP contribution in [0.1, 0.15) is 117 Å². The smallest absolute Gasteiger partial charge is 0.0153 e. The molecule has 0 aromatic heterocycles. The monoisotopic (exact) mass is 382 g/mol. The van der Waals surface area contributed by atoms with E-state index in [1.807, 2.05) is 0 Å². The van der Waals surface area contributed by atoms with Gasteiger partial charge >= 0.3 is 0 Å². The second-order valence-electron chi connectivity index (χ2n) is 9.56. The summed E-state index contributed by atoms with van der Waals surface area (Å²) in [7, 11) is 0. The van der Waals surface area contributed by atoms with Crippen LogP contribution in [0.5, 0.6) is 0 Å². The quantitative estimate of drug-likeness (QED) is 0.261. The highest BCUT2D eigenvalue weighted by atomic mass is 14.2. The van der Waals surface area contributed by atoms with Gasteiger partial charge in [-0.1, -0.05) is 89.2 Å². The minimum atomic E-state index is 0.781. The molecule has 0 aromatic carbocycles. The van der Waals surface area contributed by atoms with Crippen LogP contribution < -0.4 is 0 Å². The van der Waals surface area contributed by atoms with Crippen LogP contribution in [0.15, 0.2) is 24.3 Å². The SMILES string of the molecule is CCCCC[C@H]1CC[C@H](C=CC#CC=C[C@H]2CC[C@H](CCCCC)CC2)CC1. The molecule has 0 radical (unpaired) electrons. The summed E-state index contributed by atoms with van der Waals surface area (Å²) in [6.45, 7) is 4.61. The normalized spacial score (nSPS) is 28.5. The van der Waals surface area contributed by atoms with E-state index < -0.39 is 0 Å². The Hall–Kier alpha value is -0.960. The Morgan fingerprint density at radius 1 is 0.571 bits per heavy atom. The molecule has 0 atom stereocenters. The van der Waals surface area contributed by atoms with E-state index in [2.05, 4.69) is 50.0 Å². The van der Waals surface area contributed by atoms with E-state index in [4.69, 9.17) is 0 Å². The largest absolute Gasteiger partial charge is 0.0730 e. The Bertz CT molecular complexity index is 440. The Balaban J connectivity index is 1.56. The van der Waals surface area contributed by atoms with Crippen LogP contribution in [0.3, 0.4) is 0 Å². The maximum absolute atomic E-state index is 3.25. The number of allylic oxidation sites excluding steroid dienone is 4. The molecular weight excluding hydrogens is 336 g/mol. The zero-order valence-corrected chi connectivity index (χ0v) is 18.9. The predicted molar refractivity (Wildman–Crippen MR) is 125 cm³/mol. The maximum atomic E-state index is 3.25. The van der Waals surface area contributed by atoms with Crippen molar-refractivity contribution in [1.29, 1.82) is 0 Å². The average molecular weight is 383 g/mol. The zero-order valence-electron chi connectivity index (χ0n) is 18.9. The molecule has 0 heteroatoms. The molecule has 0 nitrogen and oxygen atoms in total. The van der Waals surface area contributed by atoms with Gasteiger partial charge in [-0.05, 0) is 87.2 Å². The van der Waals surface area contributed by atoms with Crippen LogP contribution in [0.2, 0.25) is 0 Å². The molecule has 0 spiro atoms. The minimum absolute atomic E-state index is 0.781. The molecule has 0 amide bonds. The standard InChI is InChI=1S/C28H46/c1-3-5-9-13-25-17-21-27(22-18-25)15-11-7-8-12-16-28-23-19-26(20-24-28)14-10-6-4-2/h11-12,15-16,25-28H,3-6,9-10,13-14,17-24H2,1-2H3/t25-,26-,27-,28-. The van der Waals surface area contributed by atoms with Gasteiger partial charge in [0.15, 0.2) is 0 Å². The second-order valence-corrected chi connectivity index (χ2v) is 9.56. The fraction of sp³-hybridized carbons (Fsp3) is 0.786.